The maximum atomic E-state index is 12.2. The number of hydrogen-bond donors (Lipinski definition) is 3. The summed E-state index contributed by atoms with van der Waals surface area (Å²) in [7, 11) is 1.60. The van der Waals surface area contributed by atoms with Crippen LogP contribution < -0.4 is 16.0 Å². The fourth-order valence-corrected chi connectivity index (χ4v) is 3.58. The van der Waals surface area contributed by atoms with Crippen LogP contribution in [0, 0.1) is 0 Å². The van der Waals surface area contributed by atoms with Gasteiger partial charge in [-0.05, 0) is 54.8 Å². The zero-order chi connectivity index (χ0) is 20.5. The average molecular weight is 395 g/mol. The number of amides is 3. The van der Waals surface area contributed by atoms with E-state index in [0.29, 0.717) is 18.7 Å². The lowest BCUT2D eigenvalue weighted by Gasteiger charge is -2.27. The van der Waals surface area contributed by atoms with E-state index in [4.69, 9.17) is 0 Å². The molecule has 0 radical (unpaired) electrons. The van der Waals surface area contributed by atoms with Gasteiger partial charge in [0.15, 0.2) is 0 Å². The van der Waals surface area contributed by atoms with Crippen LogP contribution in [-0.2, 0) is 19.6 Å². The Balaban J connectivity index is 1.47. The van der Waals surface area contributed by atoms with Gasteiger partial charge in [0.1, 0.15) is 0 Å². The molecule has 0 aliphatic carbocycles. The van der Waals surface area contributed by atoms with Gasteiger partial charge >= 0.3 is 6.03 Å². The number of nitrogens with one attached hydrogen (secondary N) is 3. The summed E-state index contributed by atoms with van der Waals surface area (Å²) in [6, 6.07) is 15.3. The molecule has 0 atom stereocenters. The van der Waals surface area contributed by atoms with Crippen LogP contribution in [0.3, 0.4) is 0 Å². The molecule has 3 amide bonds. The zero-order valence-electron chi connectivity index (χ0n) is 17.0. The molecule has 2 aromatic carbocycles. The predicted molar refractivity (Wildman–Crippen MR) is 114 cm³/mol. The molecule has 2 aromatic rings. The van der Waals surface area contributed by atoms with Crippen molar-refractivity contribution in [1.82, 2.24) is 20.9 Å². The standard InChI is InChI=1S/C23H30N4O2/c1-24-22(28)19-11-9-18(10-12-19)15-25-23(29)26-16-20-7-3-4-8-21(20)17-27-13-5-2-6-14-27/h3-4,7-12H,2,5-6,13-17H2,1H3,(H,24,28)(H2,25,26,29). The number of rotatable bonds is 7. The number of nitrogens with zero attached hydrogens (tertiary/aromatic N) is 1. The molecule has 0 unspecified atom stereocenters. The Morgan fingerprint density at radius 2 is 1.52 bits per heavy atom. The summed E-state index contributed by atoms with van der Waals surface area (Å²) < 4.78 is 0. The van der Waals surface area contributed by atoms with Gasteiger partial charge in [-0.2, -0.15) is 0 Å². The monoisotopic (exact) mass is 394 g/mol. The van der Waals surface area contributed by atoms with E-state index in [-0.39, 0.29) is 11.9 Å². The van der Waals surface area contributed by atoms with Gasteiger partial charge in [0.25, 0.3) is 5.91 Å². The van der Waals surface area contributed by atoms with Gasteiger partial charge in [-0.1, -0.05) is 42.8 Å². The Morgan fingerprint density at radius 3 is 2.21 bits per heavy atom. The van der Waals surface area contributed by atoms with E-state index >= 15 is 0 Å². The van der Waals surface area contributed by atoms with E-state index in [1.165, 1.54) is 24.8 Å². The van der Waals surface area contributed by atoms with Crippen molar-refractivity contribution in [3.05, 3.63) is 70.8 Å². The lowest BCUT2D eigenvalue weighted by molar-refractivity contribution is 0.0963. The van der Waals surface area contributed by atoms with Crippen LogP contribution in [0.5, 0.6) is 0 Å². The van der Waals surface area contributed by atoms with Crippen molar-refractivity contribution < 1.29 is 9.59 Å². The molecule has 154 valence electrons. The minimum Gasteiger partial charge on any atom is -0.355 e. The average Bonchev–Trinajstić information content (AvgIpc) is 2.77. The van der Waals surface area contributed by atoms with Crippen LogP contribution in [0.2, 0.25) is 0 Å². The zero-order valence-corrected chi connectivity index (χ0v) is 17.0. The Kier molecular flexibility index (Phi) is 7.64. The summed E-state index contributed by atoms with van der Waals surface area (Å²) in [5.41, 5.74) is 3.98. The van der Waals surface area contributed by atoms with Crippen LogP contribution in [-0.4, -0.2) is 37.0 Å². The lowest BCUT2D eigenvalue weighted by atomic mass is 10.0. The van der Waals surface area contributed by atoms with Gasteiger partial charge in [-0.3, -0.25) is 9.69 Å². The highest BCUT2D eigenvalue weighted by Crippen LogP contribution is 2.16. The third-order valence-electron chi connectivity index (χ3n) is 5.30. The van der Waals surface area contributed by atoms with E-state index < -0.39 is 0 Å². The second kappa shape index (κ2) is 10.6. The summed E-state index contributed by atoms with van der Waals surface area (Å²) in [5, 5.41) is 8.42. The van der Waals surface area contributed by atoms with Crippen molar-refractivity contribution >= 4 is 11.9 Å². The summed E-state index contributed by atoms with van der Waals surface area (Å²) >= 11 is 0. The summed E-state index contributed by atoms with van der Waals surface area (Å²) in [5.74, 6) is -0.120. The molecule has 1 fully saturated rings. The maximum Gasteiger partial charge on any atom is 0.315 e. The van der Waals surface area contributed by atoms with E-state index in [0.717, 1.165) is 30.8 Å². The largest absolute Gasteiger partial charge is 0.355 e. The molecular weight excluding hydrogens is 364 g/mol. The minimum atomic E-state index is -0.201. The van der Waals surface area contributed by atoms with E-state index in [9.17, 15) is 9.59 Å². The molecule has 6 nitrogen and oxygen atoms in total. The summed E-state index contributed by atoms with van der Waals surface area (Å²) in [6.07, 6.45) is 3.87. The number of urea groups is 1. The first-order valence-electron chi connectivity index (χ1n) is 10.3. The van der Waals surface area contributed by atoms with Crippen LogP contribution >= 0.6 is 0 Å². The topological polar surface area (TPSA) is 73.5 Å². The Bertz CT molecular complexity index is 814. The first-order valence-corrected chi connectivity index (χ1v) is 10.3. The van der Waals surface area contributed by atoms with Gasteiger partial charge in [-0.15, -0.1) is 0 Å². The summed E-state index contributed by atoms with van der Waals surface area (Å²) in [4.78, 5) is 26.3. The van der Waals surface area contributed by atoms with E-state index in [1.54, 1.807) is 19.2 Å². The molecule has 1 heterocycles. The van der Waals surface area contributed by atoms with E-state index in [1.807, 2.05) is 18.2 Å². The quantitative estimate of drug-likeness (QED) is 0.676. The van der Waals surface area contributed by atoms with E-state index in [2.05, 4.69) is 39.0 Å². The van der Waals surface area contributed by atoms with Crippen molar-refractivity contribution in [3.8, 4) is 0 Å². The molecule has 3 N–H and O–H groups in total. The molecule has 0 saturated carbocycles. The SMILES string of the molecule is CNC(=O)c1ccc(CNC(=O)NCc2ccccc2CN2CCCCC2)cc1. The molecule has 3 rings (SSSR count). The number of benzene rings is 2. The fraction of sp³-hybridized carbons (Fsp3) is 0.391. The van der Waals surface area contributed by atoms with Crippen molar-refractivity contribution in [3.63, 3.8) is 0 Å². The first kappa shape index (κ1) is 20.9. The molecule has 0 aromatic heterocycles. The van der Waals surface area contributed by atoms with Crippen LogP contribution in [0.1, 0.15) is 46.3 Å². The second-order valence-corrected chi connectivity index (χ2v) is 7.42. The maximum absolute atomic E-state index is 12.2. The third-order valence-corrected chi connectivity index (χ3v) is 5.30. The number of likely N-dealkylation sites (tertiary alicyclic amines) is 1. The molecule has 29 heavy (non-hydrogen) atoms. The molecule has 1 saturated heterocycles. The van der Waals surface area contributed by atoms with Gasteiger partial charge in [0, 0.05) is 32.2 Å². The Hall–Kier alpha value is -2.86. The number of piperidine rings is 1. The predicted octanol–water partition coefficient (Wildman–Crippen LogP) is 3.03. The van der Waals surface area contributed by atoms with Crippen LogP contribution in [0.25, 0.3) is 0 Å². The van der Waals surface area contributed by atoms with Crippen molar-refractivity contribution in [2.45, 2.75) is 38.9 Å². The molecule has 1 aliphatic heterocycles. The molecule has 1 aliphatic rings. The fourth-order valence-electron chi connectivity index (χ4n) is 3.58. The third kappa shape index (κ3) is 6.32. The van der Waals surface area contributed by atoms with Crippen molar-refractivity contribution in [2.75, 3.05) is 20.1 Å². The van der Waals surface area contributed by atoms with Gasteiger partial charge < -0.3 is 16.0 Å². The van der Waals surface area contributed by atoms with Crippen LogP contribution in [0.4, 0.5) is 4.79 Å². The van der Waals surface area contributed by atoms with Crippen molar-refractivity contribution in [1.29, 1.82) is 0 Å². The highest BCUT2D eigenvalue weighted by molar-refractivity contribution is 5.93. The molecule has 0 bridgehead atoms. The summed E-state index contributed by atoms with van der Waals surface area (Å²) in [6.45, 7) is 4.17. The van der Waals surface area contributed by atoms with Crippen molar-refractivity contribution in [2.24, 2.45) is 0 Å². The minimum absolute atomic E-state index is 0.120. The normalized spacial score (nSPS) is 14.2. The number of carbonyl (C=O) groups excluding carboxylic acids is 2. The van der Waals surface area contributed by atoms with Gasteiger partial charge in [0.05, 0.1) is 0 Å². The molecule has 0 spiro atoms. The Labute approximate surface area is 172 Å². The molecule has 6 heteroatoms. The van der Waals surface area contributed by atoms with Gasteiger partial charge in [-0.25, -0.2) is 4.79 Å². The second-order valence-electron chi connectivity index (χ2n) is 7.42. The van der Waals surface area contributed by atoms with Crippen LogP contribution in [0.15, 0.2) is 48.5 Å². The lowest BCUT2D eigenvalue weighted by Crippen LogP contribution is -2.35. The smallest absolute Gasteiger partial charge is 0.315 e. The molecular formula is C23H30N4O2. The first-order chi connectivity index (χ1) is 14.2. The number of hydrogen-bond acceptors (Lipinski definition) is 3. The highest BCUT2D eigenvalue weighted by Gasteiger charge is 2.12. The van der Waals surface area contributed by atoms with Gasteiger partial charge in [0.2, 0.25) is 0 Å². The Morgan fingerprint density at radius 1 is 0.862 bits per heavy atom. The highest BCUT2D eigenvalue weighted by atomic mass is 16.2. The number of carbonyl (C=O) groups is 2.